The molecule has 1 aliphatic heterocycles. The Labute approximate surface area is 168 Å². The summed E-state index contributed by atoms with van der Waals surface area (Å²) in [7, 11) is 0. The smallest absolute Gasteiger partial charge is 0.289 e. The van der Waals surface area contributed by atoms with Gasteiger partial charge >= 0.3 is 0 Å². The van der Waals surface area contributed by atoms with E-state index >= 15 is 0 Å². The molecule has 0 bridgehead atoms. The van der Waals surface area contributed by atoms with Gasteiger partial charge in [-0.25, -0.2) is 0 Å². The first-order valence-corrected chi connectivity index (χ1v) is 9.39. The number of benzene rings is 1. The summed E-state index contributed by atoms with van der Waals surface area (Å²) in [4.78, 5) is 28.4. The van der Waals surface area contributed by atoms with E-state index in [4.69, 9.17) is 8.83 Å². The summed E-state index contributed by atoms with van der Waals surface area (Å²) >= 11 is 0. The van der Waals surface area contributed by atoms with Crippen LogP contribution >= 0.6 is 0 Å². The van der Waals surface area contributed by atoms with Gasteiger partial charge in [0.2, 0.25) is 5.91 Å². The molecule has 4 rings (SSSR count). The maximum Gasteiger partial charge on any atom is 0.289 e. The van der Waals surface area contributed by atoms with Gasteiger partial charge in [0.25, 0.3) is 5.91 Å². The minimum Gasteiger partial charge on any atom is -0.465 e. The van der Waals surface area contributed by atoms with Crippen LogP contribution in [0.2, 0.25) is 0 Å². The summed E-state index contributed by atoms with van der Waals surface area (Å²) in [6, 6.07) is 14.6. The molecule has 1 saturated heterocycles. The summed E-state index contributed by atoms with van der Waals surface area (Å²) in [5.41, 5.74) is 1.77. The van der Waals surface area contributed by atoms with Crippen molar-refractivity contribution in [3.63, 3.8) is 0 Å². The summed E-state index contributed by atoms with van der Waals surface area (Å²) in [6.45, 7) is 2.75. The molecule has 29 heavy (non-hydrogen) atoms. The number of nitrogens with zero attached hydrogens (tertiary/aromatic N) is 2. The Morgan fingerprint density at radius 3 is 2.28 bits per heavy atom. The highest BCUT2D eigenvalue weighted by Crippen LogP contribution is 2.20. The molecule has 1 N–H and O–H groups in total. The Morgan fingerprint density at radius 1 is 0.897 bits per heavy atom. The van der Waals surface area contributed by atoms with Crippen molar-refractivity contribution in [2.75, 3.05) is 36.4 Å². The van der Waals surface area contributed by atoms with Crippen molar-refractivity contribution >= 4 is 29.3 Å². The van der Waals surface area contributed by atoms with Gasteiger partial charge < -0.3 is 24.0 Å². The lowest BCUT2D eigenvalue weighted by Gasteiger charge is -2.35. The molecule has 2 aromatic heterocycles. The van der Waals surface area contributed by atoms with E-state index in [0.717, 1.165) is 24.5 Å². The first-order chi connectivity index (χ1) is 14.2. The van der Waals surface area contributed by atoms with Gasteiger partial charge in [-0.3, -0.25) is 9.59 Å². The highest BCUT2D eigenvalue weighted by Gasteiger charge is 2.23. The van der Waals surface area contributed by atoms with Crippen LogP contribution in [0.25, 0.3) is 6.08 Å². The molecule has 3 aromatic rings. The maximum atomic E-state index is 12.3. The van der Waals surface area contributed by atoms with Gasteiger partial charge in [0.15, 0.2) is 5.76 Å². The van der Waals surface area contributed by atoms with Crippen molar-refractivity contribution < 1.29 is 18.4 Å². The number of piperazine rings is 1. The van der Waals surface area contributed by atoms with Gasteiger partial charge in [-0.15, -0.1) is 0 Å². The lowest BCUT2D eigenvalue weighted by Crippen LogP contribution is -2.48. The summed E-state index contributed by atoms with van der Waals surface area (Å²) < 4.78 is 10.4. The van der Waals surface area contributed by atoms with Crippen molar-refractivity contribution in [1.29, 1.82) is 0 Å². The molecule has 0 radical (unpaired) electrons. The fourth-order valence-corrected chi connectivity index (χ4v) is 3.21. The number of carbonyl (C=O) groups excluding carboxylic acids is 2. The zero-order valence-electron chi connectivity index (χ0n) is 15.8. The van der Waals surface area contributed by atoms with Gasteiger partial charge in [-0.05, 0) is 54.6 Å². The van der Waals surface area contributed by atoms with Gasteiger partial charge in [0.1, 0.15) is 5.76 Å². The SMILES string of the molecule is O=C(/C=C/c1ccco1)Nc1ccc(N2CCN(C(=O)c3ccco3)CC2)cc1. The fraction of sp³-hybridized carbons (Fsp3) is 0.182. The average molecular weight is 391 g/mol. The summed E-state index contributed by atoms with van der Waals surface area (Å²) in [5, 5.41) is 2.82. The number of furan rings is 2. The summed E-state index contributed by atoms with van der Waals surface area (Å²) in [5.74, 6) is 0.703. The Balaban J connectivity index is 1.29. The Bertz CT molecular complexity index is 968. The molecule has 0 unspecified atom stereocenters. The molecule has 0 atom stereocenters. The van der Waals surface area contributed by atoms with Gasteiger partial charge in [-0.2, -0.15) is 0 Å². The van der Waals surface area contributed by atoms with Gasteiger partial charge in [0, 0.05) is 43.6 Å². The monoisotopic (exact) mass is 391 g/mol. The number of hydrogen-bond donors (Lipinski definition) is 1. The Kier molecular flexibility index (Phi) is 5.47. The standard InChI is InChI=1S/C22H21N3O4/c26-21(10-9-19-3-1-15-28-19)23-17-5-7-18(8-6-17)24-11-13-25(14-12-24)22(27)20-4-2-16-29-20/h1-10,15-16H,11-14H2,(H,23,26)/b10-9+. The number of amides is 2. The normalized spacial score (nSPS) is 14.3. The first kappa shape index (κ1) is 18.6. The van der Waals surface area contributed by atoms with Gasteiger partial charge in [0.05, 0.1) is 12.5 Å². The number of rotatable bonds is 5. The van der Waals surface area contributed by atoms with E-state index in [9.17, 15) is 9.59 Å². The molecule has 148 valence electrons. The molecule has 0 aliphatic carbocycles. The minimum absolute atomic E-state index is 0.0738. The second-order valence-corrected chi connectivity index (χ2v) is 6.64. The Hall–Kier alpha value is -3.74. The van der Waals surface area contributed by atoms with Crippen LogP contribution in [-0.4, -0.2) is 42.9 Å². The molecule has 1 fully saturated rings. The third kappa shape index (κ3) is 4.57. The molecule has 0 saturated carbocycles. The van der Waals surface area contributed by atoms with Crippen molar-refractivity contribution in [1.82, 2.24) is 4.90 Å². The van der Waals surface area contributed by atoms with Crippen molar-refractivity contribution in [2.24, 2.45) is 0 Å². The topological polar surface area (TPSA) is 78.9 Å². The van der Waals surface area contributed by atoms with Crippen LogP contribution < -0.4 is 10.2 Å². The zero-order chi connectivity index (χ0) is 20.1. The molecular weight excluding hydrogens is 370 g/mol. The molecule has 7 heteroatoms. The van der Waals surface area contributed by atoms with E-state index in [1.54, 1.807) is 41.5 Å². The lowest BCUT2D eigenvalue weighted by atomic mass is 10.2. The lowest BCUT2D eigenvalue weighted by molar-refractivity contribution is -0.111. The van der Waals surface area contributed by atoms with E-state index in [1.165, 1.54) is 12.3 Å². The van der Waals surface area contributed by atoms with Crippen LogP contribution in [0.3, 0.4) is 0 Å². The largest absolute Gasteiger partial charge is 0.465 e. The van der Waals surface area contributed by atoms with E-state index < -0.39 is 0 Å². The third-order valence-electron chi connectivity index (χ3n) is 4.74. The fourth-order valence-electron chi connectivity index (χ4n) is 3.21. The summed E-state index contributed by atoms with van der Waals surface area (Å²) in [6.07, 6.45) is 6.12. The number of nitrogens with one attached hydrogen (secondary N) is 1. The van der Waals surface area contributed by atoms with Crippen molar-refractivity contribution in [3.8, 4) is 0 Å². The number of hydrogen-bond acceptors (Lipinski definition) is 5. The van der Waals surface area contributed by atoms with Crippen LogP contribution in [0.5, 0.6) is 0 Å². The highest BCUT2D eigenvalue weighted by molar-refractivity contribution is 6.01. The molecule has 2 amide bonds. The first-order valence-electron chi connectivity index (χ1n) is 9.39. The van der Waals surface area contributed by atoms with Gasteiger partial charge in [-0.1, -0.05) is 0 Å². The quantitative estimate of drug-likeness (QED) is 0.674. The zero-order valence-corrected chi connectivity index (χ0v) is 15.8. The highest BCUT2D eigenvalue weighted by atomic mass is 16.3. The molecule has 3 heterocycles. The van der Waals surface area contributed by atoms with Crippen molar-refractivity contribution in [3.05, 3.63) is 78.7 Å². The van der Waals surface area contributed by atoms with E-state index in [1.807, 2.05) is 24.3 Å². The average Bonchev–Trinajstić information content (AvgIpc) is 3.47. The second-order valence-electron chi connectivity index (χ2n) is 6.64. The minimum atomic E-state index is -0.223. The predicted octanol–water partition coefficient (Wildman–Crippen LogP) is 3.49. The van der Waals surface area contributed by atoms with Crippen LogP contribution in [0.15, 0.2) is 76.0 Å². The molecule has 7 nitrogen and oxygen atoms in total. The molecular formula is C22H21N3O4. The molecule has 1 aromatic carbocycles. The second kappa shape index (κ2) is 8.52. The van der Waals surface area contributed by atoms with Crippen LogP contribution in [0.1, 0.15) is 16.3 Å². The van der Waals surface area contributed by atoms with E-state index in [-0.39, 0.29) is 11.8 Å². The third-order valence-corrected chi connectivity index (χ3v) is 4.74. The maximum absolute atomic E-state index is 12.3. The Morgan fingerprint density at radius 2 is 1.62 bits per heavy atom. The van der Waals surface area contributed by atoms with Crippen LogP contribution in [0.4, 0.5) is 11.4 Å². The van der Waals surface area contributed by atoms with Crippen molar-refractivity contribution in [2.45, 2.75) is 0 Å². The van der Waals surface area contributed by atoms with E-state index in [2.05, 4.69) is 10.2 Å². The molecule has 1 aliphatic rings. The number of anilines is 2. The van der Waals surface area contributed by atoms with Crippen LogP contribution in [0, 0.1) is 0 Å². The molecule has 0 spiro atoms. The van der Waals surface area contributed by atoms with E-state index in [0.29, 0.717) is 24.6 Å². The predicted molar refractivity (Wildman–Crippen MR) is 110 cm³/mol. The van der Waals surface area contributed by atoms with Crippen LogP contribution in [-0.2, 0) is 4.79 Å². The number of carbonyl (C=O) groups is 2.